The molecule has 3 rings (SSSR count). The van der Waals surface area contributed by atoms with Crippen molar-refractivity contribution in [1.29, 1.82) is 0 Å². The van der Waals surface area contributed by atoms with E-state index in [4.69, 9.17) is 4.52 Å². The Balaban J connectivity index is 1.82. The molecule has 1 amide bonds. The van der Waals surface area contributed by atoms with Gasteiger partial charge >= 0.3 is 11.7 Å². The van der Waals surface area contributed by atoms with Gasteiger partial charge < -0.3 is 9.42 Å². The van der Waals surface area contributed by atoms with Crippen LogP contribution in [0, 0.1) is 12.8 Å². The van der Waals surface area contributed by atoms with Crippen molar-refractivity contribution in [3.63, 3.8) is 0 Å². The number of amides is 1. The Morgan fingerprint density at radius 2 is 1.82 bits per heavy atom. The molecular formula is C16H24N2O3S. The van der Waals surface area contributed by atoms with Gasteiger partial charge in [0.2, 0.25) is 0 Å². The third kappa shape index (κ3) is 2.98. The van der Waals surface area contributed by atoms with E-state index < -0.39 is 0 Å². The van der Waals surface area contributed by atoms with Crippen molar-refractivity contribution in [2.45, 2.75) is 45.4 Å². The molecule has 0 spiro atoms. The lowest BCUT2D eigenvalue weighted by Gasteiger charge is -2.29. The number of hydrogen-bond donors (Lipinski definition) is 0. The summed E-state index contributed by atoms with van der Waals surface area (Å²) < 4.78 is 6.54. The van der Waals surface area contributed by atoms with Crippen LogP contribution in [0.1, 0.15) is 49.8 Å². The van der Waals surface area contributed by atoms with Gasteiger partial charge in [0.25, 0.3) is 0 Å². The van der Waals surface area contributed by atoms with E-state index in [1.54, 1.807) is 4.90 Å². The summed E-state index contributed by atoms with van der Waals surface area (Å²) in [5, 5.41) is 0. The second kappa shape index (κ2) is 6.52. The Bertz CT molecular complexity index is 593. The number of thioether (sulfide) groups is 1. The van der Waals surface area contributed by atoms with E-state index in [-0.39, 0.29) is 17.6 Å². The molecule has 0 aliphatic carbocycles. The molecule has 2 fully saturated rings. The maximum atomic E-state index is 12.6. The zero-order valence-corrected chi connectivity index (χ0v) is 14.2. The highest BCUT2D eigenvalue weighted by atomic mass is 32.2. The number of hydrogen-bond acceptors (Lipinski definition) is 4. The zero-order chi connectivity index (χ0) is 15.7. The Hall–Kier alpha value is -1.17. The largest absolute Gasteiger partial charge is 0.362 e. The Morgan fingerprint density at radius 3 is 2.45 bits per heavy atom. The third-order valence-corrected chi connectivity index (χ3v) is 5.99. The van der Waals surface area contributed by atoms with Crippen LogP contribution >= 0.6 is 11.8 Å². The lowest BCUT2D eigenvalue weighted by Crippen LogP contribution is -2.40. The smallest absolute Gasteiger partial charge is 0.327 e. The molecule has 2 aliphatic rings. The van der Waals surface area contributed by atoms with E-state index in [2.05, 4.69) is 6.92 Å². The number of likely N-dealkylation sites (tertiary alicyclic amines) is 1. The van der Waals surface area contributed by atoms with E-state index in [1.165, 1.54) is 4.74 Å². The molecule has 1 aromatic heterocycles. The van der Waals surface area contributed by atoms with Crippen LogP contribution in [0.2, 0.25) is 0 Å². The molecule has 0 bridgehead atoms. The highest BCUT2D eigenvalue weighted by molar-refractivity contribution is 7.99. The lowest BCUT2D eigenvalue weighted by molar-refractivity contribution is 0.146. The van der Waals surface area contributed by atoms with Crippen LogP contribution in [-0.2, 0) is 0 Å². The number of nitrogens with zero attached hydrogens (tertiary/aromatic N) is 2. The maximum absolute atomic E-state index is 12.6. The molecule has 0 N–H and O–H groups in total. The molecule has 0 saturated carbocycles. The number of carbonyl (C=O) groups is 1. The normalized spacial score (nSPS) is 21.3. The van der Waals surface area contributed by atoms with Crippen LogP contribution in [0.5, 0.6) is 0 Å². The minimum Gasteiger partial charge on any atom is -0.327 e. The van der Waals surface area contributed by atoms with Crippen molar-refractivity contribution in [1.82, 2.24) is 9.64 Å². The van der Waals surface area contributed by atoms with E-state index >= 15 is 0 Å². The van der Waals surface area contributed by atoms with E-state index in [1.807, 2.05) is 18.7 Å². The average molecular weight is 324 g/mol. The quantitative estimate of drug-likeness (QED) is 0.796. The summed E-state index contributed by atoms with van der Waals surface area (Å²) in [6.07, 6.45) is 4.03. The number of piperidine rings is 1. The van der Waals surface area contributed by atoms with Crippen LogP contribution in [0.25, 0.3) is 0 Å². The second-order valence-corrected chi connectivity index (χ2v) is 7.74. The Labute approximate surface area is 135 Å². The predicted octanol–water partition coefficient (Wildman–Crippen LogP) is 3.06. The molecule has 2 saturated heterocycles. The average Bonchev–Trinajstić information content (AvgIpc) is 2.83. The van der Waals surface area contributed by atoms with Crippen molar-refractivity contribution in [2.24, 2.45) is 5.92 Å². The van der Waals surface area contributed by atoms with Gasteiger partial charge in [0.1, 0.15) is 0 Å². The van der Waals surface area contributed by atoms with Gasteiger partial charge in [-0.1, -0.05) is 6.92 Å². The molecule has 0 atom stereocenters. The van der Waals surface area contributed by atoms with Gasteiger partial charge in [-0.15, -0.1) is 4.74 Å². The van der Waals surface area contributed by atoms with Crippen LogP contribution in [0.15, 0.2) is 9.32 Å². The molecule has 0 aromatic carbocycles. The van der Waals surface area contributed by atoms with Crippen LogP contribution in [-0.4, -0.2) is 40.3 Å². The summed E-state index contributed by atoms with van der Waals surface area (Å²) >= 11 is 1.93. The SMILES string of the molecule is Cc1c(C2CCSCC2)c(=O)on1C(=O)N1CCC(C)CC1. The van der Waals surface area contributed by atoms with E-state index in [0.29, 0.717) is 11.6 Å². The summed E-state index contributed by atoms with van der Waals surface area (Å²) in [6.45, 7) is 5.54. The molecule has 6 heteroatoms. The monoisotopic (exact) mass is 324 g/mol. The highest BCUT2D eigenvalue weighted by Crippen LogP contribution is 2.32. The second-order valence-electron chi connectivity index (χ2n) is 6.51. The molecule has 0 unspecified atom stereocenters. The van der Waals surface area contributed by atoms with Gasteiger partial charge in [0.15, 0.2) is 0 Å². The van der Waals surface area contributed by atoms with Crippen molar-refractivity contribution < 1.29 is 9.32 Å². The molecule has 0 radical (unpaired) electrons. The van der Waals surface area contributed by atoms with Crippen LogP contribution < -0.4 is 5.63 Å². The minimum absolute atomic E-state index is 0.182. The van der Waals surface area contributed by atoms with Crippen molar-refractivity contribution in [3.05, 3.63) is 21.7 Å². The fourth-order valence-corrected chi connectivity index (χ4v) is 4.52. The van der Waals surface area contributed by atoms with Gasteiger partial charge in [-0.25, -0.2) is 9.59 Å². The van der Waals surface area contributed by atoms with Gasteiger partial charge in [-0.3, -0.25) is 0 Å². The molecule has 2 aliphatic heterocycles. The number of aromatic nitrogens is 1. The molecule has 22 heavy (non-hydrogen) atoms. The van der Waals surface area contributed by atoms with E-state index in [9.17, 15) is 9.59 Å². The summed E-state index contributed by atoms with van der Waals surface area (Å²) in [5.41, 5.74) is 1.10. The maximum Gasteiger partial charge on any atom is 0.362 e. The molecular weight excluding hydrogens is 300 g/mol. The molecule has 122 valence electrons. The summed E-state index contributed by atoms with van der Waals surface area (Å²) in [7, 11) is 0. The lowest BCUT2D eigenvalue weighted by atomic mass is 9.94. The standard InChI is InChI=1S/C16H24N2O3S/c1-11-3-7-17(8-4-11)16(20)18-12(2)14(15(19)21-18)13-5-9-22-10-6-13/h11,13H,3-10H2,1-2H3. The third-order valence-electron chi connectivity index (χ3n) is 4.95. The van der Waals surface area contributed by atoms with Gasteiger partial charge in [-0.05, 0) is 55.9 Å². The first-order valence-corrected chi connectivity index (χ1v) is 9.33. The van der Waals surface area contributed by atoms with Gasteiger partial charge in [0.05, 0.1) is 11.3 Å². The zero-order valence-electron chi connectivity index (χ0n) is 13.3. The van der Waals surface area contributed by atoms with Crippen LogP contribution in [0.4, 0.5) is 4.79 Å². The van der Waals surface area contributed by atoms with Gasteiger partial charge in [0, 0.05) is 13.1 Å². The first kappa shape index (κ1) is 15.7. The predicted molar refractivity (Wildman–Crippen MR) is 87.8 cm³/mol. The molecule has 5 nitrogen and oxygen atoms in total. The van der Waals surface area contributed by atoms with Crippen molar-refractivity contribution in [2.75, 3.05) is 24.6 Å². The van der Waals surface area contributed by atoms with Gasteiger partial charge in [-0.2, -0.15) is 11.8 Å². The highest BCUT2D eigenvalue weighted by Gasteiger charge is 2.29. The first-order chi connectivity index (χ1) is 10.6. The Morgan fingerprint density at radius 1 is 1.18 bits per heavy atom. The van der Waals surface area contributed by atoms with Crippen molar-refractivity contribution in [3.8, 4) is 0 Å². The fourth-order valence-electron chi connectivity index (χ4n) is 3.42. The summed E-state index contributed by atoms with van der Waals surface area (Å²) in [6, 6.07) is -0.182. The first-order valence-electron chi connectivity index (χ1n) is 8.17. The fraction of sp³-hybridized carbons (Fsp3) is 0.750. The van der Waals surface area contributed by atoms with Crippen molar-refractivity contribution >= 4 is 17.8 Å². The number of carbonyl (C=O) groups excluding carboxylic acids is 1. The van der Waals surface area contributed by atoms with Crippen LogP contribution in [0.3, 0.4) is 0 Å². The summed E-state index contributed by atoms with van der Waals surface area (Å²) in [5.74, 6) is 3.06. The Kier molecular flexibility index (Phi) is 4.66. The van der Waals surface area contributed by atoms with E-state index in [0.717, 1.165) is 55.8 Å². The minimum atomic E-state index is -0.326. The number of rotatable bonds is 1. The molecule has 1 aromatic rings. The topological polar surface area (TPSA) is 55.5 Å². The summed E-state index contributed by atoms with van der Waals surface area (Å²) in [4.78, 5) is 26.7. The molecule has 3 heterocycles.